The molecule has 2 aromatic rings. The minimum absolute atomic E-state index is 0.171. The predicted octanol–water partition coefficient (Wildman–Crippen LogP) is 3.06. The third-order valence-corrected chi connectivity index (χ3v) is 2.72. The molecule has 0 unspecified atom stereocenters. The van der Waals surface area contributed by atoms with Gasteiger partial charge in [-0.05, 0) is 42.3 Å². The second kappa shape index (κ2) is 6.74. The molecule has 0 saturated heterocycles. The number of benzene rings is 2. The molecule has 0 aliphatic rings. The number of hydrogen-bond donors (Lipinski definition) is 1. The predicted molar refractivity (Wildman–Crippen MR) is 75.9 cm³/mol. The van der Waals surface area contributed by atoms with Crippen molar-refractivity contribution < 1.29 is 14.2 Å². The maximum Gasteiger partial charge on any atom is 0.165 e. The summed E-state index contributed by atoms with van der Waals surface area (Å²) >= 11 is 0. The highest BCUT2D eigenvalue weighted by molar-refractivity contribution is 5.37. The molecule has 1 N–H and O–H groups in total. The van der Waals surface area contributed by atoms with Crippen molar-refractivity contribution in [2.45, 2.75) is 13.5 Å². The van der Waals surface area contributed by atoms with E-state index in [1.165, 1.54) is 6.07 Å². The van der Waals surface area contributed by atoms with Gasteiger partial charge in [-0.3, -0.25) is 0 Å². The zero-order valence-corrected chi connectivity index (χ0v) is 11.2. The van der Waals surface area contributed by atoms with Gasteiger partial charge in [0.2, 0.25) is 0 Å². The van der Waals surface area contributed by atoms with Crippen molar-refractivity contribution in [3.8, 4) is 17.6 Å². The topological polar surface area (TPSA) is 29.5 Å². The molecule has 0 saturated carbocycles. The van der Waals surface area contributed by atoms with E-state index in [1.807, 2.05) is 31.2 Å². The molecule has 2 aromatic carbocycles. The van der Waals surface area contributed by atoms with Gasteiger partial charge in [-0.15, -0.1) is 0 Å². The fraction of sp³-hybridized carbons (Fsp3) is 0.176. The van der Waals surface area contributed by atoms with E-state index in [0.29, 0.717) is 0 Å². The summed E-state index contributed by atoms with van der Waals surface area (Å²) in [5.41, 5.74) is 2.64. The highest BCUT2D eigenvalue weighted by atomic mass is 19.1. The SMILES string of the molecule is Cc1ccc(F)c(OCc2cccc(C#CCO)c2)c1. The van der Waals surface area contributed by atoms with E-state index in [0.717, 1.165) is 16.7 Å². The number of rotatable bonds is 3. The van der Waals surface area contributed by atoms with Crippen molar-refractivity contribution in [1.29, 1.82) is 0 Å². The maximum absolute atomic E-state index is 13.5. The number of halogens is 1. The summed E-state index contributed by atoms with van der Waals surface area (Å²) in [5, 5.41) is 8.67. The number of aliphatic hydroxyl groups excluding tert-OH is 1. The van der Waals surface area contributed by atoms with Gasteiger partial charge in [-0.2, -0.15) is 0 Å². The van der Waals surface area contributed by atoms with Crippen LogP contribution >= 0.6 is 0 Å². The monoisotopic (exact) mass is 270 g/mol. The van der Waals surface area contributed by atoms with Crippen LogP contribution in [0.25, 0.3) is 0 Å². The summed E-state index contributed by atoms with van der Waals surface area (Å²) in [6, 6.07) is 12.2. The third kappa shape index (κ3) is 3.84. The van der Waals surface area contributed by atoms with Gasteiger partial charge in [0, 0.05) is 5.56 Å². The van der Waals surface area contributed by atoms with Crippen molar-refractivity contribution >= 4 is 0 Å². The quantitative estimate of drug-likeness (QED) is 0.869. The minimum atomic E-state index is -0.369. The largest absolute Gasteiger partial charge is 0.486 e. The highest BCUT2D eigenvalue weighted by Crippen LogP contribution is 2.19. The van der Waals surface area contributed by atoms with Crippen molar-refractivity contribution in [3.05, 3.63) is 65.0 Å². The van der Waals surface area contributed by atoms with E-state index in [4.69, 9.17) is 9.84 Å². The lowest BCUT2D eigenvalue weighted by Gasteiger charge is -2.08. The number of ether oxygens (including phenoxy) is 1. The van der Waals surface area contributed by atoms with Gasteiger partial charge in [-0.25, -0.2) is 4.39 Å². The van der Waals surface area contributed by atoms with Gasteiger partial charge >= 0.3 is 0 Å². The molecular weight excluding hydrogens is 255 g/mol. The smallest absolute Gasteiger partial charge is 0.165 e. The van der Waals surface area contributed by atoms with E-state index >= 15 is 0 Å². The molecule has 0 atom stereocenters. The molecule has 0 spiro atoms. The second-order valence-electron chi connectivity index (χ2n) is 4.38. The van der Waals surface area contributed by atoms with Crippen LogP contribution in [0.5, 0.6) is 5.75 Å². The molecule has 0 bridgehead atoms. The van der Waals surface area contributed by atoms with Crippen LogP contribution < -0.4 is 4.74 Å². The molecule has 0 heterocycles. The summed E-state index contributed by atoms with van der Waals surface area (Å²) in [7, 11) is 0. The normalized spacial score (nSPS) is 9.75. The Bertz CT molecular complexity index is 654. The molecule has 3 heteroatoms. The summed E-state index contributed by atoms with van der Waals surface area (Å²) in [4.78, 5) is 0. The van der Waals surface area contributed by atoms with Crippen LogP contribution in [-0.4, -0.2) is 11.7 Å². The fourth-order valence-electron chi connectivity index (χ4n) is 1.76. The zero-order chi connectivity index (χ0) is 14.4. The van der Waals surface area contributed by atoms with E-state index in [1.54, 1.807) is 12.1 Å². The molecule has 0 radical (unpaired) electrons. The molecule has 0 aliphatic heterocycles. The minimum Gasteiger partial charge on any atom is -0.486 e. The Balaban J connectivity index is 2.09. The summed E-state index contributed by atoms with van der Waals surface area (Å²) in [6.45, 7) is 1.99. The Morgan fingerprint density at radius 2 is 2.05 bits per heavy atom. The Hall–Kier alpha value is -2.31. The molecule has 102 valence electrons. The summed E-state index contributed by atoms with van der Waals surface area (Å²) in [5.74, 6) is 5.29. The molecule has 0 amide bonds. The van der Waals surface area contributed by atoms with E-state index in [-0.39, 0.29) is 24.8 Å². The maximum atomic E-state index is 13.5. The van der Waals surface area contributed by atoms with Crippen LogP contribution in [0, 0.1) is 24.6 Å². The van der Waals surface area contributed by atoms with Gasteiger partial charge in [0.15, 0.2) is 11.6 Å². The van der Waals surface area contributed by atoms with Gasteiger partial charge in [-0.1, -0.05) is 30.0 Å². The first-order valence-corrected chi connectivity index (χ1v) is 6.26. The first-order chi connectivity index (χ1) is 9.69. The van der Waals surface area contributed by atoms with Crippen LogP contribution in [0.4, 0.5) is 4.39 Å². The van der Waals surface area contributed by atoms with Crippen LogP contribution in [0.1, 0.15) is 16.7 Å². The van der Waals surface area contributed by atoms with Crippen molar-refractivity contribution in [2.24, 2.45) is 0 Å². The average molecular weight is 270 g/mol. The van der Waals surface area contributed by atoms with Crippen LogP contribution in [0.2, 0.25) is 0 Å². The molecule has 0 aromatic heterocycles. The third-order valence-electron chi connectivity index (χ3n) is 2.72. The van der Waals surface area contributed by atoms with Crippen LogP contribution in [0.15, 0.2) is 42.5 Å². The standard InChI is InChI=1S/C17H15FO2/c1-13-7-8-16(18)17(10-13)20-12-15-5-2-4-14(11-15)6-3-9-19/h2,4-5,7-8,10-11,19H,9,12H2,1H3. The molecule has 20 heavy (non-hydrogen) atoms. The Morgan fingerprint density at radius 1 is 1.20 bits per heavy atom. The van der Waals surface area contributed by atoms with E-state index in [9.17, 15) is 4.39 Å². The fourth-order valence-corrected chi connectivity index (χ4v) is 1.76. The molecule has 2 nitrogen and oxygen atoms in total. The molecule has 2 rings (SSSR count). The van der Waals surface area contributed by atoms with Crippen molar-refractivity contribution in [2.75, 3.05) is 6.61 Å². The van der Waals surface area contributed by atoms with Crippen LogP contribution in [-0.2, 0) is 6.61 Å². The van der Waals surface area contributed by atoms with Crippen molar-refractivity contribution in [3.63, 3.8) is 0 Å². The van der Waals surface area contributed by atoms with Gasteiger partial charge in [0.05, 0.1) is 0 Å². The lowest BCUT2D eigenvalue weighted by molar-refractivity contribution is 0.290. The summed E-state index contributed by atoms with van der Waals surface area (Å²) < 4.78 is 19.0. The van der Waals surface area contributed by atoms with E-state index in [2.05, 4.69) is 11.8 Å². The Labute approximate surface area is 117 Å². The first kappa shape index (κ1) is 14.1. The number of aryl methyl sites for hydroxylation is 1. The lowest BCUT2D eigenvalue weighted by Crippen LogP contribution is -1.98. The first-order valence-electron chi connectivity index (χ1n) is 6.26. The lowest BCUT2D eigenvalue weighted by atomic mass is 10.1. The number of aliphatic hydroxyl groups is 1. The Morgan fingerprint density at radius 3 is 2.85 bits per heavy atom. The highest BCUT2D eigenvalue weighted by Gasteiger charge is 2.04. The molecule has 0 fully saturated rings. The average Bonchev–Trinajstić information content (AvgIpc) is 2.46. The molecule has 0 aliphatic carbocycles. The van der Waals surface area contributed by atoms with Gasteiger partial charge in [0.25, 0.3) is 0 Å². The summed E-state index contributed by atoms with van der Waals surface area (Å²) in [6.07, 6.45) is 0. The van der Waals surface area contributed by atoms with E-state index < -0.39 is 0 Å². The second-order valence-corrected chi connectivity index (χ2v) is 4.38. The zero-order valence-electron chi connectivity index (χ0n) is 11.2. The van der Waals surface area contributed by atoms with Crippen LogP contribution in [0.3, 0.4) is 0 Å². The molecular formula is C17H15FO2. The van der Waals surface area contributed by atoms with Gasteiger partial charge in [0.1, 0.15) is 13.2 Å². The Kier molecular flexibility index (Phi) is 4.75. The number of hydrogen-bond acceptors (Lipinski definition) is 2. The van der Waals surface area contributed by atoms with Gasteiger partial charge < -0.3 is 9.84 Å². The van der Waals surface area contributed by atoms with Crippen molar-refractivity contribution in [1.82, 2.24) is 0 Å².